The Kier molecular flexibility index (Phi) is 5.10. The van der Waals surface area contributed by atoms with Gasteiger partial charge in [0.05, 0.1) is 11.8 Å². The average molecular weight is 304 g/mol. The average Bonchev–Trinajstić information content (AvgIpc) is 2.49. The summed E-state index contributed by atoms with van der Waals surface area (Å²) >= 11 is 1.15. The van der Waals surface area contributed by atoms with E-state index in [0.29, 0.717) is 10.9 Å². The van der Waals surface area contributed by atoms with Crippen molar-refractivity contribution < 1.29 is 4.79 Å². The highest BCUT2D eigenvalue weighted by atomic mass is 32.2. The number of rotatable bonds is 5. The molecule has 6 nitrogen and oxygen atoms in total. The minimum Gasteiger partial charge on any atom is -0.349 e. The van der Waals surface area contributed by atoms with E-state index in [2.05, 4.69) is 20.5 Å². The molecule has 1 amide bonds. The number of carbonyl (C=O) groups is 1. The first-order valence-electron chi connectivity index (χ1n) is 6.47. The van der Waals surface area contributed by atoms with Gasteiger partial charge in [-0.2, -0.15) is 0 Å². The maximum atomic E-state index is 11.9. The molecule has 0 radical (unpaired) electrons. The number of thioether (sulfide) groups is 1. The Hall–Kier alpha value is -2.15. The Labute approximate surface area is 126 Å². The maximum absolute atomic E-state index is 11.9. The topological polar surface area (TPSA) is 87.7 Å². The van der Waals surface area contributed by atoms with Crippen LogP contribution in [0.15, 0.2) is 40.3 Å². The largest absolute Gasteiger partial charge is 0.349 e. The summed E-state index contributed by atoms with van der Waals surface area (Å²) < 4.78 is 0. The summed E-state index contributed by atoms with van der Waals surface area (Å²) in [4.78, 5) is 25.8. The molecule has 2 rings (SSSR count). The number of nitrogens with one attached hydrogen (secondary N) is 2. The highest BCUT2D eigenvalue weighted by molar-refractivity contribution is 7.99. The summed E-state index contributed by atoms with van der Waals surface area (Å²) in [5.41, 5.74) is 1.06. The number of carbonyl (C=O) groups excluding carboxylic acids is 1. The van der Waals surface area contributed by atoms with Crippen LogP contribution in [0.2, 0.25) is 0 Å². The first kappa shape index (κ1) is 15.2. The van der Waals surface area contributed by atoms with Gasteiger partial charge in [-0.3, -0.25) is 14.6 Å². The lowest BCUT2D eigenvalue weighted by molar-refractivity contribution is -0.119. The predicted octanol–water partition coefficient (Wildman–Crippen LogP) is 1.44. The van der Waals surface area contributed by atoms with Gasteiger partial charge < -0.3 is 5.32 Å². The lowest BCUT2D eigenvalue weighted by atomic mass is 10.1. The minimum atomic E-state index is -0.287. The van der Waals surface area contributed by atoms with Crippen molar-refractivity contribution in [3.8, 4) is 0 Å². The second-order valence-electron chi connectivity index (χ2n) is 4.53. The molecule has 2 N–H and O–H groups in total. The predicted molar refractivity (Wildman–Crippen MR) is 81.1 cm³/mol. The van der Waals surface area contributed by atoms with Gasteiger partial charge in [-0.15, -0.1) is 10.2 Å². The summed E-state index contributed by atoms with van der Waals surface area (Å²) in [6.07, 6.45) is 0. The molecule has 0 saturated carbocycles. The van der Waals surface area contributed by atoms with Gasteiger partial charge in [0, 0.05) is 0 Å². The summed E-state index contributed by atoms with van der Waals surface area (Å²) in [6.45, 7) is 3.50. The fourth-order valence-electron chi connectivity index (χ4n) is 1.69. The highest BCUT2D eigenvalue weighted by Gasteiger charge is 2.10. The molecule has 1 aromatic carbocycles. The van der Waals surface area contributed by atoms with Crippen LogP contribution in [0.3, 0.4) is 0 Å². The number of benzene rings is 1. The molecule has 7 heteroatoms. The van der Waals surface area contributed by atoms with Crippen molar-refractivity contribution in [2.24, 2.45) is 0 Å². The van der Waals surface area contributed by atoms with Gasteiger partial charge in [0.15, 0.2) is 5.16 Å². The van der Waals surface area contributed by atoms with Crippen molar-refractivity contribution >= 4 is 17.7 Å². The van der Waals surface area contributed by atoms with E-state index >= 15 is 0 Å². The molecule has 2 aromatic rings. The van der Waals surface area contributed by atoms with Crippen LogP contribution < -0.4 is 10.9 Å². The van der Waals surface area contributed by atoms with Gasteiger partial charge in [0.25, 0.3) is 5.56 Å². The second kappa shape index (κ2) is 7.03. The number of aromatic amines is 1. The van der Waals surface area contributed by atoms with Gasteiger partial charge in [0.2, 0.25) is 5.91 Å². The van der Waals surface area contributed by atoms with E-state index in [4.69, 9.17) is 0 Å². The standard InChI is InChI=1S/C14H16N4O2S/c1-9(11-6-4-3-5-7-11)15-12(19)8-21-14-16-13(20)10(2)17-18-14/h3-7,9H,8H2,1-2H3,(H,15,19)(H,16,18,20)/t9-/m1/s1. The molecular formula is C14H16N4O2S. The molecule has 110 valence electrons. The maximum Gasteiger partial charge on any atom is 0.273 e. The smallest absolute Gasteiger partial charge is 0.273 e. The van der Waals surface area contributed by atoms with E-state index in [-0.39, 0.29) is 23.3 Å². The van der Waals surface area contributed by atoms with E-state index in [1.807, 2.05) is 37.3 Å². The van der Waals surface area contributed by atoms with Crippen molar-refractivity contribution in [2.75, 3.05) is 5.75 Å². The van der Waals surface area contributed by atoms with Gasteiger partial charge in [-0.25, -0.2) is 0 Å². The molecule has 21 heavy (non-hydrogen) atoms. The van der Waals surface area contributed by atoms with Crippen LogP contribution >= 0.6 is 11.8 Å². The zero-order chi connectivity index (χ0) is 15.2. The van der Waals surface area contributed by atoms with Crippen LogP contribution in [0, 0.1) is 6.92 Å². The molecule has 0 saturated heterocycles. The quantitative estimate of drug-likeness (QED) is 0.816. The van der Waals surface area contributed by atoms with Gasteiger partial charge in [-0.05, 0) is 19.4 Å². The third kappa shape index (κ3) is 4.42. The summed E-state index contributed by atoms with van der Waals surface area (Å²) in [5, 5.41) is 10.8. The van der Waals surface area contributed by atoms with Crippen LogP contribution in [0.4, 0.5) is 0 Å². The molecule has 1 aromatic heterocycles. The van der Waals surface area contributed by atoms with Gasteiger partial charge in [0.1, 0.15) is 5.69 Å². The second-order valence-corrected chi connectivity index (χ2v) is 5.50. The van der Waals surface area contributed by atoms with E-state index < -0.39 is 0 Å². The van der Waals surface area contributed by atoms with E-state index in [0.717, 1.165) is 17.3 Å². The molecule has 0 unspecified atom stereocenters. The molecule has 1 heterocycles. The normalized spacial score (nSPS) is 11.9. The molecule has 0 bridgehead atoms. The van der Waals surface area contributed by atoms with E-state index in [9.17, 15) is 9.59 Å². The Morgan fingerprint density at radius 1 is 1.33 bits per heavy atom. The molecule has 0 spiro atoms. The van der Waals surface area contributed by atoms with Crippen molar-refractivity contribution in [3.05, 3.63) is 51.9 Å². The number of aromatic nitrogens is 3. The lowest BCUT2D eigenvalue weighted by Gasteiger charge is -2.13. The molecular weight excluding hydrogens is 288 g/mol. The van der Waals surface area contributed by atoms with E-state index in [1.54, 1.807) is 6.92 Å². The number of H-pyrrole nitrogens is 1. The van der Waals surface area contributed by atoms with Crippen LogP contribution in [-0.4, -0.2) is 26.8 Å². The fourth-order valence-corrected chi connectivity index (χ4v) is 2.30. The number of amides is 1. The molecule has 0 aliphatic rings. The minimum absolute atomic E-state index is 0.0672. The summed E-state index contributed by atoms with van der Waals surface area (Å²) in [7, 11) is 0. The number of hydrogen-bond donors (Lipinski definition) is 2. The van der Waals surface area contributed by atoms with Crippen LogP contribution in [-0.2, 0) is 4.79 Å². The van der Waals surface area contributed by atoms with Crippen molar-refractivity contribution in [3.63, 3.8) is 0 Å². The Morgan fingerprint density at radius 2 is 2.05 bits per heavy atom. The van der Waals surface area contributed by atoms with Crippen LogP contribution in [0.25, 0.3) is 0 Å². The SMILES string of the molecule is Cc1nnc(SCC(=O)N[C@H](C)c2ccccc2)[nH]c1=O. The van der Waals surface area contributed by atoms with Crippen molar-refractivity contribution in [1.29, 1.82) is 0 Å². The highest BCUT2D eigenvalue weighted by Crippen LogP contribution is 2.13. The Bertz CT molecular complexity index is 672. The van der Waals surface area contributed by atoms with Crippen LogP contribution in [0.1, 0.15) is 24.2 Å². The molecule has 1 atom stereocenters. The Morgan fingerprint density at radius 3 is 2.71 bits per heavy atom. The number of nitrogens with zero attached hydrogens (tertiary/aromatic N) is 2. The first-order chi connectivity index (χ1) is 10.1. The number of hydrogen-bond acceptors (Lipinski definition) is 5. The fraction of sp³-hybridized carbons (Fsp3) is 0.286. The monoisotopic (exact) mass is 304 g/mol. The zero-order valence-corrected chi connectivity index (χ0v) is 12.6. The first-order valence-corrected chi connectivity index (χ1v) is 7.45. The van der Waals surface area contributed by atoms with E-state index in [1.165, 1.54) is 0 Å². The zero-order valence-electron chi connectivity index (χ0n) is 11.8. The lowest BCUT2D eigenvalue weighted by Crippen LogP contribution is -2.28. The van der Waals surface area contributed by atoms with Crippen molar-refractivity contribution in [2.45, 2.75) is 25.0 Å². The summed E-state index contributed by atoms with van der Waals surface area (Å²) in [6, 6.07) is 9.64. The third-order valence-electron chi connectivity index (χ3n) is 2.86. The molecule has 0 aliphatic heterocycles. The third-order valence-corrected chi connectivity index (χ3v) is 3.72. The van der Waals surface area contributed by atoms with Gasteiger partial charge in [-0.1, -0.05) is 42.1 Å². The molecule has 0 fully saturated rings. The summed E-state index contributed by atoms with van der Waals surface area (Å²) in [5.74, 6) is 0.0461. The van der Waals surface area contributed by atoms with Crippen LogP contribution in [0.5, 0.6) is 0 Å². The molecule has 0 aliphatic carbocycles. The van der Waals surface area contributed by atoms with Gasteiger partial charge >= 0.3 is 0 Å². The van der Waals surface area contributed by atoms with Crippen molar-refractivity contribution in [1.82, 2.24) is 20.5 Å². The number of aryl methyl sites for hydroxylation is 1. The Balaban J connectivity index is 1.87.